The lowest BCUT2D eigenvalue weighted by Crippen LogP contribution is -2.29. The van der Waals surface area contributed by atoms with Gasteiger partial charge in [-0.3, -0.25) is 0 Å². The van der Waals surface area contributed by atoms with Gasteiger partial charge in [-0.15, -0.1) is 11.8 Å². The highest BCUT2D eigenvalue weighted by Gasteiger charge is 2.11. The molecule has 4 heteroatoms. The molecule has 64 valence electrons. The summed E-state index contributed by atoms with van der Waals surface area (Å²) in [4.78, 5) is 1.17. The number of benzene rings is 1. The third-order valence-corrected chi connectivity index (χ3v) is 2.61. The second-order valence-corrected chi connectivity index (χ2v) is 3.45. The highest BCUT2D eigenvalue weighted by Crippen LogP contribution is 2.17. The first-order valence-corrected chi connectivity index (χ1v) is 4.88. The van der Waals surface area contributed by atoms with Crippen molar-refractivity contribution in [3.8, 4) is 0 Å². The molecule has 0 spiro atoms. The lowest BCUT2D eigenvalue weighted by atomic mass is 9.80. The summed E-state index contributed by atoms with van der Waals surface area (Å²) in [5.74, 6) is 0. The second kappa shape index (κ2) is 3.98. The highest BCUT2D eigenvalue weighted by atomic mass is 32.2. The first-order valence-electron chi connectivity index (χ1n) is 3.66. The van der Waals surface area contributed by atoms with Crippen LogP contribution in [0, 0.1) is 6.92 Å². The number of hydrogen-bond donors (Lipinski definition) is 2. The van der Waals surface area contributed by atoms with Crippen LogP contribution in [0.4, 0.5) is 0 Å². The molecule has 0 heterocycles. The molecule has 0 aliphatic carbocycles. The van der Waals surface area contributed by atoms with Crippen molar-refractivity contribution in [3.05, 3.63) is 23.8 Å². The molecule has 1 aromatic carbocycles. The minimum absolute atomic E-state index is 0.547. The molecule has 0 atom stereocenters. The third kappa shape index (κ3) is 2.03. The molecule has 0 unspecified atom stereocenters. The minimum Gasteiger partial charge on any atom is -0.423 e. The SMILES string of the molecule is CSc1ccc(B(O)O)cc1C. The zero-order chi connectivity index (χ0) is 9.14. The van der Waals surface area contributed by atoms with Gasteiger partial charge in [-0.25, -0.2) is 0 Å². The van der Waals surface area contributed by atoms with Gasteiger partial charge in [0.05, 0.1) is 0 Å². The molecule has 0 fully saturated rings. The van der Waals surface area contributed by atoms with Crippen LogP contribution in [0.3, 0.4) is 0 Å². The summed E-state index contributed by atoms with van der Waals surface area (Å²) in [5, 5.41) is 17.7. The minimum atomic E-state index is -1.36. The summed E-state index contributed by atoms with van der Waals surface area (Å²) in [6, 6.07) is 5.41. The third-order valence-electron chi connectivity index (χ3n) is 1.72. The number of hydrogen-bond acceptors (Lipinski definition) is 3. The molecule has 2 N–H and O–H groups in total. The molecule has 1 aromatic rings. The Labute approximate surface area is 76.8 Å². The van der Waals surface area contributed by atoms with Crippen molar-refractivity contribution in [1.29, 1.82) is 0 Å². The first kappa shape index (κ1) is 9.64. The van der Waals surface area contributed by atoms with Gasteiger partial charge in [0.25, 0.3) is 0 Å². The van der Waals surface area contributed by atoms with Crippen LogP contribution < -0.4 is 5.46 Å². The van der Waals surface area contributed by atoms with E-state index >= 15 is 0 Å². The Morgan fingerprint density at radius 3 is 2.42 bits per heavy atom. The Kier molecular flexibility index (Phi) is 3.20. The molecule has 0 aromatic heterocycles. The van der Waals surface area contributed by atoms with E-state index in [-0.39, 0.29) is 0 Å². The van der Waals surface area contributed by atoms with Gasteiger partial charge in [0.1, 0.15) is 0 Å². The molecular weight excluding hydrogens is 171 g/mol. The standard InChI is InChI=1S/C8H11BO2S/c1-6-5-7(9(10)11)3-4-8(6)12-2/h3-5,10-11H,1-2H3. The Morgan fingerprint density at radius 2 is 2.00 bits per heavy atom. The van der Waals surface area contributed by atoms with E-state index in [1.165, 1.54) is 4.90 Å². The monoisotopic (exact) mass is 182 g/mol. The topological polar surface area (TPSA) is 40.5 Å². The lowest BCUT2D eigenvalue weighted by molar-refractivity contribution is 0.425. The summed E-state index contributed by atoms with van der Waals surface area (Å²) < 4.78 is 0. The molecular formula is C8H11BO2S. The number of aryl methyl sites for hydroxylation is 1. The van der Waals surface area contributed by atoms with Gasteiger partial charge >= 0.3 is 7.12 Å². The summed E-state index contributed by atoms with van der Waals surface area (Å²) >= 11 is 1.65. The molecule has 0 bridgehead atoms. The maximum Gasteiger partial charge on any atom is 0.488 e. The van der Waals surface area contributed by atoms with E-state index in [1.807, 2.05) is 19.2 Å². The molecule has 0 radical (unpaired) electrons. The second-order valence-electron chi connectivity index (χ2n) is 2.60. The van der Waals surface area contributed by atoms with Crippen LogP contribution in [0.5, 0.6) is 0 Å². The van der Waals surface area contributed by atoms with Crippen molar-refractivity contribution in [2.45, 2.75) is 11.8 Å². The van der Waals surface area contributed by atoms with Crippen LogP contribution >= 0.6 is 11.8 Å². The Balaban J connectivity index is 3.02. The maximum absolute atomic E-state index is 8.86. The molecule has 0 saturated heterocycles. The van der Waals surface area contributed by atoms with Crippen LogP contribution in [-0.4, -0.2) is 23.4 Å². The van der Waals surface area contributed by atoms with Gasteiger partial charge in [-0.2, -0.15) is 0 Å². The molecule has 1 rings (SSSR count). The van der Waals surface area contributed by atoms with E-state index in [9.17, 15) is 0 Å². The molecule has 12 heavy (non-hydrogen) atoms. The molecule has 2 nitrogen and oxygen atoms in total. The van der Waals surface area contributed by atoms with Gasteiger partial charge in [-0.05, 0) is 30.3 Å². The van der Waals surface area contributed by atoms with Crippen LogP contribution in [0.2, 0.25) is 0 Å². The van der Waals surface area contributed by atoms with Crippen molar-refractivity contribution in [1.82, 2.24) is 0 Å². The van der Waals surface area contributed by atoms with E-state index < -0.39 is 7.12 Å². The number of thioether (sulfide) groups is 1. The Hall–Kier alpha value is -0.445. The van der Waals surface area contributed by atoms with Crippen molar-refractivity contribution >= 4 is 24.3 Å². The fourth-order valence-electron chi connectivity index (χ4n) is 1.06. The fourth-order valence-corrected chi connectivity index (χ4v) is 1.65. The van der Waals surface area contributed by atoms with Crippen LogP contribution in [0.15, 0.2) is 23.1 Å². The Morgan fingerprint density at radius 1 is 1.33 bits per heavy atom. The smallest absolute Gasteiger partial charge is 0.423 e. The van der Waals surface area contributed by atoms with E-state index in [1.54, 1.807) is 23.9 Å². The predicted molar refractivity (Wildman–Crippen MR) is 52.8 cm³/mol. The fraction of sp³-hybridized carbons (Fsp3) is 0.250. The molecule has 0 aliphatic heterocycles. The molecule has 0 saturated carbocycles. The van der Waals surface area contributed by atoms with Crippen LogP contribution in [0.1, 0.15) is 5.56 Å². The largest absolute Gasteiger partial charge is 0.488 e. The number of rotatable bonds is 2. The summed E-state index contributed by atoms with van der Waals surface area (Å²) in [5.41, 5.74) is 1.62. The van der Waals surface area contributed by atoms with Gasteiger partial charge in [0.15, 0.2) is 0 Å². The van der Waals surface area contributed by atoms with E-state index in [4.69, 9.17) is 10.0 Å². The van der Waals surface area contributed by atoms with Gasteiger partial charge in [0, 0.05) is 4.90 Å². The summed E-state index contributed by atoms with van der Waals surface area (Å²) in [7, 11) is -1.36. The van der Waals surface area contributed by atoms with Crippen LogP contribution in [0.25, 0.3) is 0 Å². The maximum atomic E-state index is 8.86. The van der Waals surface area contributed by atoms with Gasteiger partial charge in [-0.1, -0.05) is 12.1 Å². The average Bonchev–Trinajstić information content (AvgIpc) is 2.04. The summed E-state index contributed by atoms with van der Waals surface area (Å²) in [6.07, 6.45) is 2.00. The van der Waals surface area contributed by atoms with Crippen LogP contribution in [-0.2, 0) is 0 Å². The van der Waals surface area contributed by atoms with E-state index in [2.05, 4.69) is 0 Å². The summed E-state index contributed by atoms with van der Waals surface area (Å²) in [6.45, 7) is 1.96. The van der Waals surface area contributed by atoms with E-state index in [0.29, 0.717) is 5.46 Å². The van der Waals surface area contributed by atoms with Gasteiger partial charge < -0.3 is 10.0 Å². The van der Waals surface area contributed by atoms with Crippen molar-refractivity contribution < 1.29 is 10.0 Å². The Bertz CT molecular complexity index is 276. The zero-order valence-corrected chi connectivity index (χ0v) is 7.93. The molecule has 0 aliphatic rings. The van der Waals surface area contributed by atoms with Crippen molar-refractivity contribution in [2.24, 2.45) is 0 Å². The molecule has 0 amide bonds. The highest BCUT2D eigenvalue weighted by molar-refractivity contribution is 7.98. The average molecular weight is 182 g/mol. The predicted octanol–water partition coefficient (Wildman–Crippen LogP) is 0.397. The van der Waals surface area contributed by atoms with Crippen molar-refractivity contribution in [3.63, 3.8) is 0 Å². The quantitative estimate of drug-likeness (QED) is 0.513. The van der Waals surface area contributed by atoms with E-state index in [0.717, 1.165) is 5.56 Å². The first-order chi connectivity index (χ1) is 5.65. The zero-order valence-electron chi connectivity index (χ0n) is 7.11. The van der Waals surface area contributed by atoms with Gasteiger partial charge in [0.2, 0.25) is 0 Å². The van der Waals surface area contributed by atoms with Crippen molar-refractivity contribution in [2.75, 3.05) is 6.26 Å². The lowest BCUT2D eigenvalue weighted by Gasteiger charge is -2.04. The normalized spacial score (nSPS) is 10.0.